The van der Waals surface area contributed by atoms with Gasteiger partial charge in [-0.2, -0.15) is 0 Å². The Morgan fingerprint density at radius 3 is 2.55 bits per heavy atom. The quantitative estimate of drug-likeness (QED) is 0.611. The summed E-state index contributed by atoms with van der Waals surface area (Å²) in [6.45, 7) is 0.688. The minimum atomic E-state index is -0.756. The van der Waals surface area contributed by atoms with Crippen LogP contribution in [0.2, 0.25) is 5.02 Å². The number of primary amides is 1. The lowest BCUT2D eigenvalue weighted by molar-refractivity contribution is -0.137. The third kappa shape index (κ3) is 5.93. The highest BCUT2D eigenvalue weighted by Crippen LogP contribution is 2.20. The van der Waals surface area contributed by atoms with Crippen molar-refractivity contribution in [3.05, 3.63) is 28.8 Å². The third-order valence-electron chi connectivity index (χ3n) is 2.88. The Kier molecular flexibility index (Phi) is 6.87. The number of hydrogen-bond donors (Lipinski definition) is 3. The fourth-order valence-electron chi connectivity index (χ4n) is 1.86. The van der Waals surface area contributed by atoms with Crippen LogP contribution >= 0.6 is 11.6 Å². The van der Waals surface area contributed by atoms with Crippen LogP contribution < -0.4 is 11.1 Å². The standard InChI is InChI=1S/C14H19ClN2O3/c15-10-6-7-11(14(16)20)12(9-10)17-8-4-2-1-3-5-13(18)19/h6-7,9,17H,1-5,8H2,(H2,16,20)(H,18,19). The SMILES string of the molecule is NC(=O)c1ccc(Cl)cc1NCCCCCCC(=O)O. The lowest BCUT2D eigenvalue weighted by Crippen LogP contribution is -2.14. The van der Waals surface area contributed by atoms with Crippen LogP contribution in [-0.4, -0.2) is 23.5 Å². The number of unbranched alkanes of at least 4 members (excludes halogenated alkanes) is 3. The zero-order valence-electron chi connectivity index (χ0n) is 11.2. The molecule has 0 spiro atoms. The van der Waals surface area contributed by atoms with E-state index >= 15 is 0 Å². The monoisotopic (exact) mass is 298 g/mol. The second-order valence-corrected chi connectivity index (χ2v) is 4.98. The number of aliphatic carboxylic acids is 1. The average molecular weight is 299 g/mol. The normalized spacial score (nSPS) is 10.2. The van der Waals surface area contributed by atoms with E-state index in [2.05, 4.69) is 5.32 Å². The van der Waals surface area contributed by atoms with Crippen molar-refractivity contribution in [2.45, 2.75) is 32.1 Å². The molecular weight excluding hydrogens is 280 g/mol. The van der Waals surface area contributed by atoms with Gasteiger partial charge in [-0.25, -0.2) is 0 Å². The van der Waals surface area contributed by atoms with E-state index in [1.54, 1.807) is 18.2 Å². The largest absolute Gasteiger partial charge is 0.481 e. The Labute approximate surface area is 123 Å². The maximum absolute atomic E-state index is 11.3. The molecule has 0 fully saturated rings. The molecule has 0 aromatic heterocycles. The van der Waals surface area contributed by atoms with Gasteiger partial charge >= 0.3 is 5.97 Å². The first-order valence-electron chi connectivity index (χ1n) is 6.55. The van der Waals surface area contributed by atoms with Crippen molar-refractivity contribution in [1.29, 1.82) is 0 Å². The number of carboxylic acids is 1. The molecule has 1 aromatic carbocycles. The van der Waals surface area contributed by atoms with Crippen LogP contribution in [0.25, 0.3) is 0 Å². The number of benzene rings is 1. The van der Waals surface area contributed by atoms with Crippen LogP contribution in [-0.2, 0) is 4.79 Å². The van der Waals surface area contributed by atoms with Crippen LogP contribution in [0.4, 0.5) is 5.69 Å². The molecule has 0 aliphatic carbocycles. The topological polar surface area (TPSA) is 92.4 Å². The molecule has 0 heterocycles. The molecule has 0 radical (unpaired) electrons. The van der Waals surface area contributed by atoms with E-state index in [1.807, 2.05) is 0 Å². The number of halogens is 1. The van der Waals surface area contributed by atoms with Gasteiger partial charge in [0, 0.05) is 23.7 Å². The number of anilines is 1. The van der Waals surface area contributed by atoms with E-state index in [9.17, 15) is 9.59 Å². The van der Waals surface area contributed by atoms with Gasteiger partial charge in [-0.1, -0.05) is 24.4 Å². The highest BCUT2D eigenvalue weighted by atomic mass is 35.5. The van der Waals surface area contributed by atoms with Gasteiger partial charge in [-0.15, -0.1) is 0 Å². The highest BCUT2D eigenvalue weighted by Gasteiger charge is 2.08. The summed E-state index contributed by atoms with van der Waals surface area (Å²) in [5.74, 6) is -1.25. The van der Waals surface area contributed by atoms with E-state index in [4.69, 9.17) is 22.4 Å². The van der Waals surface area contributed by atoms with Crippen LogP contribution in [0.3, 0.4) is 0 Å². The molecule has 0 bridgehead atoms. The first-order valence-corrected chi connectivity index (χ1v) is 6.93. The molecule has 0 saturated heterocycles. The fourth-order valence-corrected chi connectivity index (χ4v) is 2.03. The minimum Gasteiger partial charge on any atom is -0.481 e. The smallest absolute Gasteiger partial charge is 0.303 e. The molecule has 0 aliphatic rings. The van der Waals surface area contributed by atoms with Gasteiger partial charge in [0.2, 0.25) is 0 Å². The van der Waals surface area contributed by atoms with E-state index in [0.717, 1.165) is 19.3 Å². The summed E-state index contributed by atoms with van der Waals surface area (Å²) in [6, 6.07) is 4.89. The molecular formula is C14H19ClN2O3. The zero-order chi connectivity index (χ0) is 15.0. The summed E-state index contributed by atoms with van der Waals surface area (Å²) < 4.78 is 0. The van der Waals surface area contributed by atoms with Crippen molar-refractivity contribution in [2.75, 3.05) is 11.9 Å². The summed E-state index contributed by atoms with van der Waals surface area (Å²) in [5.41, 5.74) is 6.34. The van der Waals surface area contributed by atoms with E-state index in [-0.39, 0.29) is 6.42 Å². The molecule has 0 aliphatic heterocycles. The average Bonchev–Trinajstić information content (AvgIpc) is 2.37. The number of rotatable bonds is 9. The number of nitrogens with one attached hydrogen (secondary N) is 1. The molecule has 0 unspecified atom stereocenters. The predicted molar refractivity (Wildman–Crippen MR) is 79.2 cm³/mol. The Morgan fingerprint density at radius 1 is 1.20 bits per heavy atom. The van der Waals surface area contributed by atoms with Crippen molar-refractivity contribution in [3.63, 3.8) is 0 Å². The number of amides is 1. The van der Waals surface area contributed by atoms with Gasteiger partial charge in [-0.05, 0) is 31.0 Å². The lowest BCUT2D eigenvalue weighted by Gasteiger charge is -2.10. The first kappa shape index (κ1) is 16.3. The fraction of sp³-hybridized carbons (Fsp3) is 0.429. The summed E-state index contributed by atoms with van der Waals surface area (Å²) in [6.07, 6.45) is 3.62. The van der Waals surface area contributed by atoms with Crippen molar-refractivity contribution in [2.24, 2.45) is 5.73 Å². The van der Waals surface area contributed by atoms with Gasteiger partial charge in [0.1, 0.15) is 0 Å². The number of hydrogen-bond acceptors (Lipinski definition) is 3. The first-order chi connectivity index (χ1) is 9.50. The van der Waals surface area contributed by atoms with Gasteiger partial charge < -0.3 is 16.2 Å². The van der Waals surface area contributed by atoms with Crippen LogP contribution in [0.1, 0.15) is 42.5 Å². The summed E-state index contributed by atoms with van der Waals surface area (Å²) >= 11 is 5.88. The van der Waals surface area contributed by atoms with Crippen molar-refractivity contribution < 1.29 is 14.7 Å². The Bertz CT molecular complexity index is 477. The van der Waals surface area contributed by atoms with E-state index in [0.29, 0.717) is 29.2 Å². The molecule has 110 valence electrons. The molecule has 20 heavy (non-hydrogen) atoms. The molecule has 1 aromatic rings. The second-order valence-electron chi connectivity index (χ2n) is 4.54. The van der Waals surface area contributed by atoms with Crippen molar-refractivity contribution in [1.82, 2.24) is 0 Å². The van der Waals surface area contributed by atoms with Crippen LogP contribution in [0.15, 0.2) is 18.2 Å². The Hall–Kier alpha value is -1.75. The van der Waals surface area contributed by atoms with Crippen LogP contribution in [0.5, 0.6) is 0 Å². The predicted octanol–water partition coefficient (Wildman–Crippen LogP) is 2.89. The minimum absolute atomic E-state index is 0.216. The second kappa shape index (κ2) is 8.43. The van der Waals surface area contributed by atoms with E-state index in [1.165, 1.54) is 0 Å². The van der Waals surface area contributed by atoms with E-state index < -0.39 is 11.9 Å². The number of carbonyl (C=O) groups excluding carboxylic acids is 1. The summed E-state index contributed by atoms with van der Waals surface area (Å²) in [4.78, 5) is 21.6. The molecule has 5 nitrogen and oxygen atoms in total. The molecule has 1 amide bonds. The summed E-state index contributed by atoms with van der Waals surface area (Å²) in [5, 5.41) is 12.2. The maximum atomic E-state index is 11.3. The molecule has 4 N–H and O–H groups in total. The van der Waals surface area contributed by atoms with Gasteiger partial charge in [-0.3, -0.25) is 9.59 Å². The third-order valence-corrected chi connectivity index (χ3v) is 3.12. The van der Waals surface area contributed by atoms with Gasteiger partial charge in [0.05, 0.1) is 5.56 Å². The number of carboxylic acid groups (broad SMARTS) is 1. The molecule has 6 heteroatoms. The number of carbonyl (C=O) groups is 2. The summed E-state index contributed by atoms with van der Waals surface area (Å²) in [7, 11) is 0. The maximum Gasteiger partial charge on any atom is 0.303 e. The number of nitrogens with two attached hydrogens (primary N) is 1. The lowest BCUT2D eigenvalue weighted by atomic mass is 10.1. The van der Waals surface area contributed by atoms with Crippen molar-refractivity contribution >= 4 is 29.2 Å². The zero-order valence-corrected chi connectivity index (χ0v) is 11.9. The van der Waals surface area contributed by atoms with Crippen molar-refractivity contribution in [3.8, 4) is 0 Å². The Morgan fingerprint density at radius 2 is 1.90 bits per heavy atom. The molecule has 0 atom stereocenters. The van der Waals surface area contributed by atoms with Gasteiger partial charge in [0.25, 0.3) is 5.91 Å². The molecule has 0 saturated carbocycles. The van der Waals surface area contributed by atoms with Crippen LogP contribution in [0, 0.1) is 0 Å². The van der Waals surface area contributed by atoms with Gasteiger partial charge in [0.15, 0.2) is 0 Å². The Balaban J connectivity index is 2.33. The molecule has 1 rings (SSSR count). The highest BCUT2D eigenvalue weighted by molar-refractivity contribution is 6.31.